The molecule has 4 nitrogen and oxygen atoms in total. The van der Waals surface area contributed by atoms with E-state index in [2.05, 4.69) is 5.32 Å². The number of esters is 1. The summed E-state index contributed by atoms with van der Waals surface area (Å²) in [6, 6.07) is 7.47. The van der Waals surface area contributed by atoms with Crippen LogP contribution in [0.5, 0.6) is 5.75 Å². The van der Waals surface area contributed by atoms with Crippen LogP contribution in [0, 0.1) is 0 Å². The number of benzene rings is 1. The van der Waals surface area contributed by atoms with Crippen LogP contribution in [0.3, 0.4) is 0 Å². The number of allylic oxidation sites excluding steroid dienone is 1. The lowest BCUT2D eigenvalue weighted by Crippen LogP contribution is -2.04. The van der Waals surface area contributed by atoms with Gasteiger partial charge < -0.3 is 14.8 Å². The molecule has 0 aliphatic heterocycles. The first-order valence-electron chi connectivity index (χ1n) is 5.42. The first-order chi connectivity index (χ1) is 8.15. The molecule has 1 N–H and O–H groups in total. The van der Waals surface area contributed by atoms with E-state index in [4.69, 9.17) is 9.47 Å². The fourth-order valence-electron chi connectivity index (χ4n) is 1.33. The maximum atomic E-state index is 11.2. The van der Waals surface area contributed by atoms with Crippen molar-refractivity contribution < 1.29 is 14.3 Å². The van der Waals surface area contributed by atoms with Gasteiger partial charge in [-0.25, -0.2) is 4.79 Å². The van der Waals surface area contributed by atoms with Crippen molar-refractivity contribution in [2.75, 3.05) is 19.0 Å². The van der Waals surface area contributed by atoms with E-state index in [1.165, 1.54) is 6.08 Å². The second kappa shape index (κ2) is 6.58. The highest BCUT2D eigenvalue weighted by atomic mass is 16.5. The minimum Gasteiger partial charge on any atom is -0.497 e. The van der Waals surface area contributed by atoms with E-state index in [1.807, 2.05) is 24.3 Å². The van der Waals surface area contributed by atoms with E-state index in [-0.39, 0.29) is 5.97 Å². The van der Waals surface area contributed by atoms with Crippen molar-refractivity contribution in [1.82, 2.24) is 0 Å². The number of ether oxygens (including phenoxy) is 2. The molecule has 17 heavy (non-hydrogen) atoms. The fraction of sp³-hybridized carbons (Fsp3) is 0.308. The van der Waals surface area contributed by atoms with E-state index in [1.54, 1.807) is 21.0 Å². The van der Waals surface area contributed by atoms with E-state index in [0.717, 1.165) is 17.1 Å². The van der Waals surface area contributed by atoms with Crippen molar-refractivity contribution in [3.8, 4) is 5.75 Å². The van der Waals surface area contributed by atoms with Gasteiger partial charge in [0.2, 0.25) is 0 Å². The lowest BCUT2D eigenvalue weighted by molar-refractivity contribution is -0.137. The summed E-state index contributed by atoms with van der Waals surface area (Å²) >= 11 is 0. The van der Waals surface area contributed by atoms with E-state index in [9.17, 15) is 4.79 Å². The first kappa shape index (κ1) is 13.1. The molecule has 0 aromatic heterocycles. The number of rotatable bonds is 5. The molecule has 0 saturated carbocycles. The Balaban J connectivity index is 2.66. The third-order valence-corrected chi connectivity index (χ3v) is 2.03. The second-order valence-corrected chi connectivity index (χ2v) is 3.44. The number of hydrogen-bond donors (Lipinski definition) is 1. The average Bonchev–Trinajstić information content (AvgIpc) is 2.29. The molecule has 0 heterocycles. The standard InChI is InChI=1S/C13H17NO3/c1-4-17-13(15)8-10(2)14-11-6-5-7-12(9-11)16-3/h5-9,14H,4H2,1-3H3. The van der Waals surface area contributed by atoms with Crippen LogP contribution in [0.25, 0.3) is 0 Å². The lowest BCUT2D eigenvalue weighted by atomic mass is 10.3. The number of nitrogens with one attached hydrogen (secondary N) is 1. The highest BCUT2D eigenvalue weighted by molar-refractivity contribution is 5.83. The van der Waals surface area contributed by atoms with Crippen molar-refractivity contribution in [3.05, 3.63) is 36.0 Å². The molecule has 0 spiro atoms. The van der Waals surface area contributed by atoms with Crippen LogP contribution >= 0.6 is 0 Å². The Labute approximate surface area is 101 Å². The van der Waals surface area contributed by atoms with Gasteiger partial charge in [0.15, 0.2) is 0 Å². The molecule has 0 atom stereocenters. The smallest absolute Gasteiger partial charge is 0.332 e. The van der Waals surface area contributed by atoms with Gasteiger partial charge in [-0.3, -0.25) is 0 Å². The van der Waals surface area contributed by atoms with Gasteiger partial charge in [-0.1, -0.05) is 6.07 Å². The first-order valence-corrected chi connectivity index (χ1v) is 5.42. The van der Waals surface area contributed by atoms with Crippen molar-refractivity contribution in [2.24, 2.45) is 0 Å². The fourth-order valence-corrected chi connectivity index (χ4v) is 1.33. The molecule has 0 aliphatic rings. The van der Waals surface area contributed by atoms with Gasteiger partial charge in [0.25, 0.3) is 0 Å². The maximum Gasteiger partial charge on any atom is 0.332 e. The van der Waals surface area contributed by atoms with Gasteiger partial charge in [-0.2, -0.15) is 0 Å². The van der Waals surface area contributed by atoms with E-state index >= 15 is 0 Å². The van der Waals surface area contributed by atoms with Gasteiger partial charge in [0.1, 0.15) is 5.75 Å². The minimum absolute atomic E-state index is 0.347. The lowest BCUT2D eigenvalue weighted by Gasteiger charge is -2.08. The van der Waals surface area contributed by atoms with Crippen LogP contribution in [-0.2, 0) is 9.53 Å². The van der Waals surface area contributed by atoms with Crippen LogP contribution in [0.1, 0.15) is 13.8 Å². The van der Waals surface area contributed by atoms with Crippen LogP contribution in [0.15, 0.2) is 36.0 Å². The molecule has 0 aliphatic carbocycles. The maximum absolute atomic E-state index is 11.2. The quantitative estimate of drug-likeness (QED) is 0.629. The highest BCUT2D eigenvalue weighted by Crippen LogP contribution is 2.17. The average molecular weight is 235 g/mol. The molecule has 0 fully saturated rings. The summed E-state index contributed by atoms with van der Waals surface area (Å²) in [7, 11) is 1.61. The van der Waals surface area contributed by atoms with Crippen molar-refractivity contribution in [3.63, 3.8) is 0 Å². The summed E-state index contributed by atoms with van der Waals surface area (Å²) in [5.41, 5.74) is 1.58. The molecular weight excluding hydrogens is 218 g/mol. The Kier molecular flexibility index (Phi) is 5.07. The molecule has 0 radical (unpaired) electrons. The van der Waals surface area contributed by atoms with Crippen molar-refractivity contribution >= 4 is 11.7 Å². The minimum atomic E-state index is -0.347. The summed E-state index contributed by atoms with van der Waals surface area (Å²) in [6.45, 7) is 3.95. The Morgan fingerprint density at radius 3 is 2.88 bits per heavy atom. The van der Waals surface area contributed by atoms with Crippen LogP contribution in [0.2, 0.25) is 0 Å². The second-order valence-electron chi connectivity index (χ2n) is 3.44. The van der Waals surface area contributed by atoms with Gasteiger partial charge in [-0.15, -0.1) is 0 Å². The third-order valence-electron chi connectivity index (χ3n) is 2.03. The Morgan fingerprint density at radius 1 is 1.47 bits per heavy atom. The van der Waals surface area contributed by atoms with Crippen LogP contribution < -0.4 is 10.1 Å². The number of carbonyl (C=O) groups is 1. The predicted molar refractivity (Wildman–Crippen MR) is 67.0 cm³/mol. The molecule has 0 saturated heterocycles. The van der Waals surface area contributed by atoms with Crippen LogP contribution in [-0.4, -0.2) is 19.7 Å². The highest BCUT2D eigenvalue weighted by Gasteiger charge is 1.99. The van der Waals surface area contributed by atoms with E-state index < -0.39 is 0 Å². The zero-order valence-electron chi connectivity index (χ0n) is 10.3. The predicted octanol–water partition coefficient (Wildman–Crippen LogP) is 2.57. The molecular formula is C13H17NO3. The Hall–Kier alpha value is -1.97. The third kappa shape index (κ3) is 4.59. The Bertz CT molecular complexity index is 413. The molecule has 0 bridgehead atoms. The molecule has 0 amide bonds. The molecule has 1 aromatic carbocycles. The van der Waals surface area contributed by atoms with Crippen molar-refractivity contribution in [2.45, 2.75) is 13.8 Å². The normalized spacial score (nSPS) is 10.9. The number of carbonyl (C=O) groups excluding carboxylic acids is 1. The zero-order chi connectivity index (χ0) is 12.7. The topological polar surface area (TPSA) is 47.6 Å². The zero-order valence-corrected chi connectivity index (χ0v) is 10.3. The number of anilines is 1. The van der Waals surface area contributed by atoms with E-state index in [0.29, 0.717) is 6.61 Å². The summed E-state index contributed by atoms with van der Waals surface area (Å²) in [5, 5.41) is 3.09. The molecule has 1 aromatic rings. The molecule has 0 unspecified atom stereocenters. The van der Waals surface area contributed by atoms with Gasteiger partial charge in [0.05, 0.1) is 13.7 Å². The summed E-state index contributed by atoms with van der Waals surface area (Å²) in [6.07, 6.45) is 1.42. The molecule has 1 rings (SSSR count). The van der Waals surface area contributed by atoms with Gasteiger partial charge >= 0.3 is 5.97 Å². The number of methoxy groups -OCH3 is 1. The summed E-state index contributed by atoms with van der Waals surface area (Å²) in [4.78, 5) is 11.2. The number of hydrogen-bond acceptors (Lipinski definition) is 4. The summed E-state index contributed by atoms with van der Waals surface area (Å²) in [5.74, 6) is 0.416. The van der Waals surface area contributed by atoms with Gasteiger partial charge in [0, 0.05) is 23.5 Å². The molecule has 92 valence electrons. The van der Waals surface area contributed by atoms with Crippen LogP contribution in [0.4, 0.5) is 5.69 Å². The van der Waals surface area contributed by atoms with Gasteiger partial charge in [-0.05, 0) is 26.0 Å². The van der Waals surface area contributed by atoms with Crippen molar-refractivity contribution in [1.29, 1.82) is 0 Å². The summed E-state index contributed by atoms with van der Waals surface area (Å²) < 4.78 is 9.92. The largest absolute Gasteiger partial charge is 0.497 e. The monoisotopic (exact) mass is 235 g/mol. The Morgan fingerprint density at radius 2 is 2.24 bits per heavy atom. The SMILES string of the molecule is CCOC(=O)C=C(C)Nc1cccc(OC)c1. The molecule has 4 heteroatoms.